The van der Waals surface area contributed by atoms with Gasteiger partial charge in [-0.2, -0.15) is 0 Å². The normalized spacial score (nSPS) is 17.3. The van der Waals surface area contributed by atoms with Gasteiger partial charge in [-0.05, 0) is 98.9 Å². The fourth-order valence-corrected chi connectivity index (χ4v) is 8.46. The molecule has 1 aromatic heterocycles. The number of pyridine rings is 1. The second kappa shape index (κ2) is 18.0. The van der Waals surface area contributed by atoms with Crippen LogP contribution in [0, 0.1) is 17.3 Å². The van der Waals surface area contributed by atoms with Gasteiger partial charge in [0.05, 0.1) is 24.7 Å². The van der Waals surface area contributed by atoms with Gasteiger partial charge in [0, 0.05) is 23.7 Å². The molecule has 5 atom stereocenters. The molecule has 1 heterocycles. The maximum absolute atomic E-state index is 14.5. The summed E-state index contributed by atoms with van der Waals surface area (Å²) in [7, 11) is -4.63. The predicted octanol–water partition coefficient (Wildman–Crippen LogP) is 10.5. The van der Waals surface area contributed by atoms with Gasteiger partial charge in [-0.25, -0.2) is 0 Å². The Kier molecular flexibility index (Phi) is 16.6. The number of aliphatic hydroxyl groups excluding tert-OH is 1. The molecule has 0 aliphatic heterocycles. The number of carbonyl (C=O) groups excluding carboxylic acids is 1. The Hall–Kier alpha value is -1.92. The Morgan fingerprint density at radius 2 is 1.49 bits per heavy atom. The van der Waals surface area contributed by atoms with Crippen LogP contribution in [0.25, 0.3) is 6.08 Å². The third-order valence-electron chi connectivity index (χ3n) is 11.3. The van der Waals surface area contributed by atoms with Gasteiger partial charge in [0.15, 0.2) is 16.6 Å². The molecule has 1 rings (SSSR count). The molecular formula is C40H71NO6Si2. The van der Waals surface area contributed by atoms with Crippen LogP contribution in [-0.4, -0.2) is 61.9 Å². The van der Waals surface area contributed by atoms with E-state index in [9.17, 15) is 19.8 Å². The SMILES string of the molecule is C/C(=C\C[C@H](O)/C(C)=C/c1cccnc1)CCC[C@H](C)C(O[Si](C)(C)C(C)(C)C)[C@@H](C)C(=O)C(C)(C)[C@H](CC(=O)O)O[Si](C)(C)C(C)(C)C. The molecule has 0 radical (unpaired) electrons. The van der Waals surface area contributed by atoms with E-state index in [0.29, 0.717) is 6.42 Å². The fourth-order valence-electron chi connectivity index (χ4n) is 5.55. The van der Waals surface area contributed by atoms with Gasteiger partial charge in [0.2, 0.25) is 0 Å². The van der Waals surface area contributed by atoms with E-state index in [1.807, 2.05) is 45.9 Å². The van der Waals surface area contributed by atoms with Gasteiger partial charge >= 0.3 is 5.97 Å². The summed E-state index contributed by atoms with van der Waals surface area (Å²) in [5.41, 5.74) is 2.08. The van der Waals surface area contributed by atoms with Crippen molar-refractivity contribution in [2.24, 2.45) is 17.3 Å². The molecule has 9 heteroatoms. The Labute approximate surface area is 301 Å². The molecular weight excluding hydrogens is 647 g/mol. The van der Waals surface area contributed by atoms with E-state index < -0.39 is 46.1 Å². The summed E-state index contributed by atoms with van der Waals surface area (Å²) in [5, 5.41) is 20.5. The Bertz CT molecular complexity index is 1270. The number of aromatic nitrogens is 1. The van der Waals surface area contributed by atoms with E-state index in [4.69, 9.17) is 8.85 Å². The lowest BCUT2D eigenvalue weighted by Crippen LogP contribution is -2.54. The lowest BCUT2D eigenvalue weighted by molar-refractivity contribution is -0.146. The van der Waals surface area contributed by atoms with Crippen LogP contribution >= 0.6 is 0 Å². The molecule has 0 aliphatic carbocycles. The zero-order chi connectivity index (χ0) is 38.2. The first kappa shape index (κ1) is 45.1. The summed E-state index contributed by atoms with van der Waals surface area (Å²) >= 11 is 0. The Balaban J connectivity index is 3.20. The minimum Gasteiger partial charge on any atom is -0.481 e. The van der Waals surface area contributed by atoms with Crippen molar-refractivity contribution in [1.29, 1.82) is 0 Å². The van der Waals surface area contributed by atoms with Crippen molar-refractivity contribution in [3.8, 4) is 0 Å². The first-order valence-electron chi connectivity index (χ1n) is 18.2. The number of Topliss-reactive ketones (excluding diaryl/α,β-unsaturated/α-hetero) is 1. The number of hydrogen-bond acceptors (Lipinski definition) is 6. The number of ketones is 1. The van der Waals surface area contributed by atoms with E-state index in [1.54, 1.807) is 12.4 Å². The highest BCUT2D eigenvalue weighted by atomic mass is 28.4. The highest BCUT2D eigenvalue weighted by molar-refractivity contribution is 6.74. The number of carboxylic acids is 1. The second-order valence-corrected chi connectivity index (χ2v) is 27.5. The van der Waals surface area contributed by atoms with Gasteiger partial charge < -0.3 is 19.1 Å². The van der Waals surface area contributed by atoms with E-state index in [2.05, 4.69) is 92.6 Å². The minimum atomic E-state index is -2.37. The third kappa shape index (κ3) is 13.6. The predicted molar refractivity (Wildman–Crippen MR) is 210 cm³/mol. The van der Waals surface area contributed by atoms with E-state index in [0.717, 1.165) is 30.4 Å². The van der Waals surface area contributed by atoms with E-state index in [-0.39, 0.29) is 34.3 Å². The van der Waals surface area contributed by atoms with Crippen molar-refractivity contribution < 1.29 is 28.7 Å². The average molecular weight is 718 g/mol. The molecule has 0 saturated carbocycles. The van der Waals surface area contributed by atoms with E-state index in [1.165, 1.54) is 5.57 Å². The second-order valence-electron chi connectivity index (χ2n) is 18.0. The number of nitrogens with zero attached hydrogens (tertiary/aromatic N) is 1. The lowest BCUT2D eigenvalue weighted by atomic mass is 9.73. The van der Waals surface area contributed by atoms with Crippen LogP contribution in [0.1, 0.15) is 121 Å². The van der Waals surface area contributed by atoms with Crippen LogP contribution in [0.5, 0.6) is 0 Å². The number of aliphatic hydroxyl groups is 1. The Morgan fingerprint density at radius 1 is 0.939 bits per heavy atom. The Morgan fingerprint density at radius 3 is 1.98 bits per heavy atom. The summed E-state index contributed by atoms with van der Waals surface area (Å²) in [6.07, 6.45) is 9.04. The molecule has 49 heavy (non-hydrogen) atoms. The summed E-state index contributed by atoms with van der Waals surface area (Å²) in [6.45, 7) is 33.6. The topological polar surface area (TPSA) is 106 Å². The van der Waals surface area contributed by atoms with Gasteiger partial charge in [0.1, 0.15) is 5.78 Å². The van der Waals surface area contributed by atoms with Crippen LogP contribution < -0.4 is 0 Å². The zero-order valence-corrected chi connectivity index (χ0v) is 35.9. The van der Waals surface area contributed by atoms with Crippen LogP contribution in [-0.2, 0) is 18.4 Å². The van der Waals surface area contributed by atoms with Crippen LogP contribution in [0.3, 0.4) is 0 Å². The van der Waals surface area contributed by atoms with Gasteiger partial charge in [-0.15, -0.1) is 0 Å². The van der Waals surface area contributed by atoms with Crippen molar-refractivity contribution in [2.75, 3.05) is 0 Å². The number of rotatable bonds is 19. The minimum absolute atomic E-state index is 0.00668. The molecule has 2 N–H and O–H groups in total. The van der Waals surface area contributed by atoms with Crippen LogP contribution in [0.4, 0.5) is 0 Å². The summed E-state index contributed by atoms with van der Waals surface area (Å²) in [4.78, 5) is 30.8. The summed E-state index contributed by atoms with van der Waals surface area (Å²) in [5.74, 6) is -1.31. The van der Waals surface area contributed by atoms with Crippen molar-refractivity contribution in [3.63, 3.8) is 0 Å². The molecule has 280 valence electrons. The summed E-state index contributed by atoms with van der Waals surface area (Å²) in [6, 6.07) is 3.86. The maximum Gasteiger partial charge on any atom is 0.305 e. The molecule has 1 unspecified atom stereocenters. The first-order chi connectivity index (χ1) is 22.1. The molecule has 0 fully saturated rings. The molecule has 0 bridgehead atoms. The fraction of sp³-hybridized carbons (Fsp3) is 0.725. The van der Waals surface area contributed by atoms with Crippen LogP contribution in [0.15, 0.2) is 41.7 Å². The van der Waals surface area contributed by atoms with Crippen molar-refractivity contribution in [2.45, 2.75) is 170 Å². The van der Waals surface area contributed by atoms with Crippen LogP contribution in [0.2, 0.25) is 36.3 Å². The maximum atomic E-state index is 14.5. The molecule has 0 aliphatic rings. The first-order valence-corrected chi connectivity index (χ1v) is 24.0. The van der Waals surface area contributed by atoms with Crippen molar-refractivity contribution in [3.05, 3.63) is 47.3 Å². The molecule has 1 aromatic rings. The monoisotopic (exact) mass is 717 g/mol. The lowest BCUT2D eigenvalue weighted by Gasteiger charge is -2.46. The van der Waals surface area contributed by atoms with Gasteiger partial charge in [-0.3, -0.25) is 14.6 Å². The number of allylic oxidation sites excluding steroid dienone is 1. The van der Waals surface area contributed by atoms with E-state index >= 15 is 0 Å². The molecule has 0 amide bonds. The average Bonchev–Trinajstić information content (AvgIpc) is 2.96. The zero-order valence-electron chi connectivity index (χ0n) is 33.9. The molecule has 7 nitrogen and oxygen atoms in total. The number of carboxylic acid groups (broad SMARTS) is 1. The number of aliphatic carboxylic acids is 1. The van der Waals surface area contributed by atoms with Crippen molar-refractivity contribution >= 4 is 34.5 Å². The standard InChI is InChI=1S/C40H71NO6Si2/c1-28(22-23-33(42)30(3)25-32-21-18-24-41-27-32)19-17-20-29(2)36(47-49(15,16)39(8,9)10)31(4)37(45)40(11,12)34(26-35(43)44)46-48(13,14)38(5,6)7/h18,21-22,24-25,27,29,31,33-34,36,42H,17,19-20,23,26H2,1-16H3,(H,43,44)/b28-22+,30-25+/t29-,31+,33-,34-,36?/m0/s1. The highest BCUT2D eigenvalue weighted by Crippen LogP contribution is 2.44. The summed E-state index contributed by atoms with van der Waals surface area (Å²) < 4.78 is 13.8. The van der Waals surface area contributed by atoms with Crippen molar-refractivity contribution in [1.82, 2.24) is 4.98 Å². The number of hydrogen-bond donors (Lipinski definition) is 2. The molecule has 0 spiro atoms. The molecule has 0 saturated heterocycles. The highest BCUT2D eigenvalue weighted by Gasteiger charge is 2.49. The largest absolute Gasteiger partial charge is 0.481 e. The third-order valence-corrected chi connectivity index (χ3v) is 20.2. The quantitative estimate of drug-likeness (QED) is 0.108. The smallest absolute Gasteiger partial charge is 0.305 e. The van der Waals surface area contributed by atoms with Gasteiger partial charge in [0.25, 0.3) is 0 Å². The number of carbonyl (C=O) groups is 2. The molecule has 0 aromatic carbocycles. The van der Waals surface area contributed by atoms with Gasteiger partial charge in [-0.1, -0.05) is 93.0 Å².